The SMILES string of the molecule is CN(C)c1ccc(C(=O)NCC(O)C(F)(F)F)cc1. The summed E-state index contributed by atoms with van der Waals surface area (Å²) < 4.78 is 36.1. The predicted molar refractivity (Wildman–Crippen MR) is 65.2 cm³/mol. The first kappa shape index (κ1) is 15.3. The molecule has 1 amide bonds. The molecule has 0 bridgehead atoms. The lowest BCUT2D eigenvalue weighted by atomic mass is 10.2. The van der Waals surface area contributed by atoms with Gasteiger partial charge in [-0.2, -0.15) is 13.2 Å². The molecule has 0 saturated carbocycles. The monoisotopic (exact) mass is 276 g/mol. The van der Waals surface area contributed by atoms with Gasteiger partial charge < -0.3 is 15.3 Å². The van der Waals surface area contributed by atoms with Gasteiger partial charge in [0.1, 0.15) is 0 Å². The van der Waals surface area contributed by atoms with Crippen LogP contribution in [0.25, 0.3) is 0 Å². The van der Waals surface area contributed by atoms with Crippen molar-refractivity contribution in [1.29, 1.82) is 0 Å². The molecule has 19 heavy (non-hydrogen) atoms. The number of rotatable bonds is 4. The number of benzene rings is 1. The highest BCUT2D eigenvalue weighted by molar-refractivity contribution is 5.94. The predicted octanol–water partition coefficient (Wildman–Crippen LogP) is 1.41. The summed E-state index contributed by atoms with van der Waals surface area (Å²) in [7, 11) is 3.66. The Hall–Kier alpha value is -1.76. The van der Waals surface area contributed by atoms with Crippen molar-refractivity contribution in [3.8, 4) is 0 Å². The van der Waals surface area contributed by atoms with Crippen LogP contribution < -0.4 is 10.2 Å². The van der Waals surface area contributed by atoms with E-state index in [0.717, 1.165) is 5.69 Å². The van der Waals surface area contributed by atoms with E-state index in [1.54, 1.807) is 12.1 Å². The molecule has 4 nitrogen and oxygen atoms in total. The molecule has 7 heteroatoms. The van der Waals surface area contributed by atoms with E-state index in [1.165, 1.54) is 12.1 Å². The van der Waals surface area contributed by atoms with Crippen LogP contribution in [0.4, 0.5) is 18.9 Å². The van der Waals surface area contributed by atoms with Crippen LogP contribution in [0.3, 0.4) is 0 Å². The number of aliphatic hydroxyl groups is 1. The van der Waals surface area contributed by atoms with Gasteiger partial charge in [0.25, 0.3) is 5.91 Å². The van der Waals surface area contributed by atoms with Crippen LogP contribution in [-0.2, 0) is 0 Å². The van der Waals surface area contributed by atoms with Gasteiger partial charge in [0.15, 0.2) is 6.10 Å². The topological polar surface area (TPSA) is 52.6 Å². The number of carbonyl (C=O) groups is 1. The second kappa shape index (κ2) is 5.92. The Labute approximate surface area is 108 Å². The molecule has 0 aliphatic heterocycles. The number of hydrogen-bond donors (Lipinski definition) is 2. The number of nitrogens with one attached hydrogen (secondary N) is 1. The third-order valence-electron chi connectivity index (χ3n) is 2.48. The molecule has 1 aromatic carbocycles. The van der Waals surface area contributed by atoms with Gasteiger partial charge in [0, 0.05) is 25.3 Å². The summed E-state index contributed by atoms with van der Waals surface area (Å²) in [5, 5.41) is 10.8. The lowest BCUT2D eigenvalue weighted by Crippen LogP contribution is -2.40. The summed E-state index contributed by atoms with van der Waals surface area (Å²) in [6.45, 7) is -0.863. The minimum absolute atomic E-state index is 0.236. The van der Waals surface area contributed by atoms with Crippen molar-refractivity contribution in [2.75, 3.05) is 25.5 Å². The fraction of sp³-hybridized carbons (Fsp3) is 0.417. The summed E-state index contributed by atoms with van der Waals surface area (Å²) in [4.78, 5) is 13.4. The molecule has 1 rings (SSSR count). The van der Waals surface area contributed by atoms with Gasteiger partial charge in [-0.3, -0.25) is 4.79 Å². The van der Waals surface area contributed by atoms with E-state index in [2.05, 4.69) is 0 Å². The van der Waals surface area contributed by atoms with Crippen molar-refractivity contribution in [3.63, 3.8) is 0 Å². The fourth-order valence-corrected chi connectivity index (χ4v) is 1.32. The lowest BCUT2D eigenvalue weighted by molar-refractivity contribution is -0.201. The number of aliphatic hydroxyl groups excluding tert-OH is 1. The number of halogens is 3. The quantitative estimate of drug-likeness (QED) is 0.874. The molecular formula is C12H15F3N2O2. The highest BCUT2D eigenvalue weighted by Crippen LogP contribution is 2.19. The van der Waals surface area contributed by atoms with Crippen molar-refractivity contribution in [2.45, 2.75) is 12.3 Å². The van der Waals surface area contributed by atoms with E-state index in [-0.39, 0.29) is 5.56 Å². The summed E-state index contributed by atoms with van der Waals surface area (Å²) in [5.41, 5.74) is 1.10. The molecule has 0 saturated heterocycles. The van der Waals surface area contributed by atoms with Gasteiger partial charge in [0.2, 0.25) is 0 Å². The molecule has 1 unspecified atom stereocenters. The summed E-state index contributed by atoms with van der Waals surface area (Å²) in [6.07, 6.45) is -7.29. The third kappa shape index (κ3) is 4.44. The zero-order chi connectivity index (χ0) is 14.6. The average Bonchev–Trinajstić information content (AvgIpc) is 2.34. The van der Waals surface area contributed by atoms with Crippen molar-refractivity contribution in [2.24, 2.45) is 0 Å². The van der Waals surface area contributed by atoms with Crippen molar-refractivity contribution < 1.29 is 23.1 Å². The largest absolute Gasteiger partial charge is 0.416 e. The standard InChI is InChI=1S/C12H15F3N2O2/c1-17(2)9-5-3-8(4-6-9)11(19)16-7-10(18)12(13,14)15/h3-6,10,18H,7H2,1-2H3,(H,16,19). The highest BCUT2D eigenvalue weighted by atomic mass is 19.4. The molecule has 0 aliphatic carbocycles. The molecule has 0 fully saturated rings. The Morgan fingerprint density at radius 1 is 1.32 bits per heavy atom. The molecule has 106 valence electrons. The molecule has 1 atom stereocenters. The maximum Gasteiger partial charge on any atom is 0.416 e. The van der Waals surface area contributed by atoms with Gasteiger partial charge in [-0.05, 0) is 24.3 Å². The molecule has 0 aromatic heterocycles. The molecule has 0 spiro atoms. The Bertz CT molecular complexity index is 430. The normalized spacial score (nSPS) is 12.9. The van der Waals surface area contributed by atoms with Gasteiger partial charge in [-0.1, -0.05) is 0 Å². The number of carbonyl (C=O) groups excluding carboxylic acids is 1. The number of anilines is 1. The van der Waals surface area contributed by atoms with E-state index in [4.69, 9.17) is 5.11 Å². The molecule has 0 aliphatic rings. The number of nitrogens with zero attached hydrogens (tertiary/aromatic N) is 1. The molecule has 0 heterocycles. The fourth-order valence-electron chi connectivity index (χ4n) is 1.32. The third-order valence-corrected chi connectivity index (χ3v) is 2.48. The van der Waals surface area contributed by atoms with Crippen molar-refractivity contribution >= 4 is 11.6 Å². The van der Waals surface area contributed by atoms with Crippen LogP contribution in [0.2, 0.25) is 0 Å². The van der Waals surface area contributed by atoms with Gasteiger partial charge in [-0.25, -0.2) is 0 Å². The minimum atomic E-state index is -4.73. The van der Waals surface area contributed by atoms with Crippen LogP contribution in [0.15, 0.2) is 24.3 Å². The molecule has 0 radical (unpaired) electrons. The first-order valence-corrected chi connectivity index (χ1v) is 5.52. The van der Waals surface area contributed by atoms with E-state index in [0.29, 0.717) is 0 Å². The number of hydrogen-bond acceptors (Lipinski definition) is 3. The van der Waals surface area contributed by atoms with Crippen LogP contribution >= 0.6 is 0 Å². The second-order valence-electron chi connectivity index (χ2n) is 4.21. The zero-order valence-electron chi connectivity index (χ0n) is 10.5. The van der Waals surface area contributed by atoms with Crippen LogP contribution in [0.5, 0.6) is 0 Å². The first-order chi connectivity index (χ1) is 8.71. The maximum atomic E-state index is 12.0. The van der Waals surface area contributed by atoms with Crippen molar-refractivity contribution in [3.05, 3.63) is 29.8 Å². The van der Waals surface area contributed by atoms with Crippen molar-refractivity contribution in [1.82, 2.24) is 5.32 Å². The van der Waals surface area contributed by atoms with E-state index in [9.17, 15) is 18.0 Å². The Kier molecular flexibility index (Phi) is 4.77. The van der Waals surface area contributed by atoms with Crippen LogP contribution in [0.1, 0.15) is 10.4 Å². The Balaban J connectivity index is 2.59. The average molecular weight is 276 g/mol. The second-order valence-corrected chi connectivity index (χ2v) is 4.21. The number of alkyl halides is 3. The first-order valence-electron chi connectivity index (χ1n) is 5.52. The number of amides is 1. The van der Waals surface area contributed by atoms with E-state index in [1.807, 2.05) is 24.3 Å². The molecule has 2 N–H and O–H groups in total. The summed E-state index contributed by atoms with van der Waals surface area (Å²) >= 11 is 0. The van der Waals surface area contributed by atoms with Crippen LogP contribution in [0, 0.1) is 0 Å². The minimum Gasteiger partial charge on any atom is -0.382 e. The van der Waals surface area contributed by atoms with Gasteiger partial charge in [-0.15, -0.1) is 0 Å². The van der Waals surface area contributed by atoms with E-state index < -0.39 is 24.7 Å². The molecule has 1 aromatic rings. The zero-order valence-corrected chi connectivity index (χ0v) is 10.5. The highest BCUT2D eigenvalue weighted by Gasteiger charge is 2.38. The Morgan fingerprint density at radius 3 is 2.26 bits per heavy atom. The van der Waals surface area contributed by atoms with Gasteiger partial charge in [0.05, 0.1) is 6.54 Å². The Morgan fingerprint density at radius 2 is 1.84 bits per heavy atom. The smallest absolute Gasteiger partial charge is 0.382 e. The van der Waals surface area contributed by atoms with Crippen LogP contribution in [-0.4, -0.2) is 43.9 Å². The lowest BCUT2D eigenvalue weighted by Gasteiger charge is -2.15. The van der Waals surface area contributed by atoms with Gasteiger partial charge >= 0.3 is 6.18 Å². The molecular weight excluding hydrogens is 261 g/mol. The summed E-state index contributed by atoms with van der Waals surface area (Å²) in [5.74, 6) is -0.659. The summed E-state index contributed by atoms with van der Waals surface area (Å²) in [6, 6.07) is 6.36. The van der Waals surface area contributed by atoms with E-state index >= 15 is 0 Å². The maximum absolute atomic E-state index is 12.0.